The standard InChI is InChI=1S/C7H8ClN3O2/c8-4-1-2-11-5(3-4)9-10-6(11)7(12)13/h4H,1-3H2,(H,12,13). The van der Waals surface area contributed by atoms with E-state index in [0.717, 1.165) is 6.42 Å². The molecular weight excluding hydrogens is 194 g/mol. The van der Waals surface area contributed by atoms with Crippen LogP contribution in [0.3, 0.4) is 0 Å². The van der Waals surface area contributed by atoms with Crippen LogP contribution >= 0.6 is 11.6 Å². The first-order valence-corrected chi connectivity index (χ1v) is 4.41. The van der Waals surface area contributed by atoms with Gasteiger partial charge in [0.25, 0.3) is 0 Å². The van der Waals surface area contributed by atoms with Gasteiger partial charge in [-0.15, -0.1) is 21.8 Å². The third-order valence-corrected chi connectivity index (χ3v) is 2.46. The Kier molecular flexibility index (Phi) is 1.95. The molecular formula is C7H8ClN3O2. The molecule has 70 valence electrons. The Morgan fingerprint density at radius 3 is 3.08 bits per heavy atom. The first kappa shape index (κ1) is 8.50. The van der Waals surface area contributed by atoms with E-state index in [4.69, 9.17) is 16.7 Å². The molecule has 0 aliphatic carbocycles. The molecule has 1 aliphatic heterocycles. The zero-order valence-corrected chi connectivity index (χ0v) is 7.53. The Bertz CT molecular complexity index is 350. The summed E-state index contributed by atoms with van der Waals surface area (Å²) in [5.41, 5.74) is 0. The van der Waals surface area contributed by atoms with E-state index in [1.54, 1.807) is 4.57 Å². The van der Waals surface area contributed by atoms with E-state index in [1.165, 1.54) is 0 Å². The third kappa shape index (κ3) is 1.39. The average Bonchev–Trinajstić information content (AvgIpc) is 2.46. The fourth-order valence-electron chi connectivity index (χ4n) is 1.45. The predicted molar refractivity (Wildman–Crippen MR) is 44.9 cm³/mol. The number of hydrogen-bond donors (Lipinski definition) is 1. The maximum Gasteiger partial charge on any atom is 0.374 e. The van der Waals surface area contributed by atoms with E-state index in [0.29, 0.717) is 18.8 Å². The highest BCUT2D eigenvalue weighted by Gasteiger charge is 2.24. The van der Waals surface area contributed by atoms with Gasteiger partial charge in [0.15, 0.2) is 0 Å². The van der Waals surface area contributed by atoms with Crippen LogP contribution in [0, 0.1) is 0 Å². The molecule has 1 aromatic rings. The lowest BCUT2D eigenvalue weighted by atomic mass is 10.1. The monoisotopic (exact) mass is 201 g/mol. The van der Waals surface area contributed by atoms with E-state index >= 15 is 0 Å². The van der Waals surface area contributed by atoms with Gasteiger partial charge in [-0.25, -0.2) is 4.79 Å². The Labute approximate surface area is 79.3 Å². The average molecular weight is 202 g/mol. The van der Waals surface area contributed by atoms with Crippen molar-refractivity contribution in [3.8, 4) is 0 Å². The summed E-state index contributed by atoms with van der Waals surface area (Å²) in [5.74, 6) is -0.353. The summed E-state index contributed by atoms with van der Waals surface area (Å²) in [6.45, 7) is 0.595. The third-order valence-electron chi connectivity index (χ3n) is 2.09. The molecule has 5 nitrogen and oxygen atoms in total. The number of halogens is 1. The smallest absolute Gasteiger partial charge is 0.374 e. The van der Waals surface area contributed by atoms with Gasteiger partial charge in [-0.05, 0) is 6.42 Å². The van der Waals surface area contributed by atoms with E-state index in [2.05, 4.69) is 10.2 Å². The molecule has 0 amide bonds. The van der Waals surface area contributed by atoms with Crippen molar-refractivity contribution in [2.75, 3.05) is 0 Å². The number of carboxylic acids is 1. The quantitative estimate of drug-likeness (QED) is 0.673. The van der Waals surface area contributed by atoms with Gasteiger partial charge in [0, 0.05) is 18.3 Å². The predicted octanol–water partition coefficient (Wildman–Crippen LogP) is 0.530. The fraction of sp³-hybridized carbons (Fsp3) is 0.571. The number of aromatic nitrogens is 3. The van der Waals surface area contributed by atoms with Gasteiger partial charge in [-0.2, -0.15) is 0 Å². The van der Waals surface area contributed by atoms with Crippen molar-refractivity contribution in [2.24, 2.45) is 0 Å². The van der Waals surface area contributed by atoms with Crippen LogP contribution in [-0.4, -0.2) is 31.2 Å². The normalized spacial score (nSPS) is 21.2. The van der Waals surface area contributed by atoms with Crippen molar-refractivity contribution >= 4 is 17.6 Å². The van der Waals surface area contributed by atoms with Crippen LogP contribution in [0.5, 0.6) is 0 Å². The molecule has 1 atom stereocenters. The molecule has 6 heteroatoms. The Morgan fingerprint density at radius 2 is 2.38 bits per heavy atom. The maximum atomic E-state index is 10.7. The molecule has 2 rings (SSSR count). The van der Waals surface area contributed by atoms with Gasteiger partial charge < -0.3 is 9.67 Å². The zero-order chi connectivity index (χ0) is 9.42. The van der Waals surface area contributed by atoms with Crippen LogP contribution in [0.4, 0.5) is 0 Å². The first-order chi connectivity index (χ1) is 6.18. The number of carbonyl (C=O) groups is 1. The molecule has 0 saturated carbocycles. The van der Waals surface area contributed by atoms with Crippen molar-refractivity contribution in [3.63, 3.8) is 0 Å². The van der Waals surface area contributed by atoms with E-state index in [1.807, 2.05) is 0 Å². The molecule has 0 spiro atoms. The molecule has 0 bridgehead atoms. The minimum Gasteiger partial charge on any atom is -0.475 e. The maximum absolute atomic E-state index is 10.7. The highest BCUT2D eigenvalue weighted by atomic mass is 35.5. The molecule has 1 unspecified atom stereocenters. The number of carboxylic acid groups (broad SMARTS) is 1. The minimum absolute atomic E-state index is 0.0126. The number of hydrogen-bond acceptors (Lipinski definition) is 3. The van der Waals surface area contributed by atoms with Gasteiger partial charge in [0.05, 0.1) is 0 Å². The van der Waals surface area contributed by atoms with Crippen LogP contribution in [0.1, 0.15) is 22.9 Å². The second-order valence-corrected chi connectivity index (χ2v) is 3.60. The molecule has 2 heterocycles. The summed E-state index contributed by atoms with van der Waals surface area (Å²) in [6.07, 6.45) is 1.37. The highest BCUT2D eigenvalue weighted by Crippen LogP contribution is 2.18. The van der Waals surface area contributed by atoms with E-state index < -0.39 is 5.97 Å². The van der Waals surface area contributed by atoms with Gasteiger partial charge in [0.2, 0.25) is 5.82 Å². The van der Waals surface area contributed by atoms with Crippen LogP contribution in [0.15, 0.2) is 0 Å². The highest BCUT2D eigenvalue weighted by molar-refractivity contribution is 6.20. The number of nitrogens with zero attached hydrogens (tertiary/aromatic N) is 3. The summed E-state index contributed by atoms with van der Waals surface area (Å²) in [6, 6.07) is 0. The van der Waals surface area contributed by atoms with Gasteiger partial charge in [0.1, 0.15) is 5.82 Å². The number of alkyl halides is 1. The second-order valence-electron chi connectivity index (χ2n) is 2.99. The van der Waals surface area contributed by atoms with Crippen molar-refractivity contribution in [3.05, 3.63) is 11.6 Å². The minimum atomic E-state index is -1.04. The number of aromatic carboxylic acids is 1. The molecule has 0 aromatic carbocycles. The summed E-state index contributed by atoms with van der Waals surface area (Å²) in [5, 5.41) is 16.2. The summed E-state index contributed by atoms with van der Waals surface area (Å²) in [7, 11) is 0. The van der Waals surface area contributed by atoms with Crippen LogP contribution in [-0.2, 0) is 13.0 Å². The molecule has 1 aliphatic rings. The SMILES string of the molecule is O=C(O)c1nnc2n1CCC(Cl)C2. The Hall–Kier alpha value is -1.10. The number of rotatable bonds is 1. The van der Waals surface area contributed by atoms with Crippen LogP contribution in [0.25, 0.3) is 0 Å². The Morgan fingerprint density at radius 1 is 1.62 bits per heavy atom. The molecule has 1 N–H and O–H groups in total. The lowest BCUT2D eigenvalue weighted by Crippen LogP contribution is -2.22. The van der Waals surface area contributed by atoms with E-state index in [9.17, 15) is 4.79 Å². The first-order valence-electron chi connectivity index (χ1n) is 3.98. The van der Waals surface area contributed by atoms with Gasteiger partial charge >= 0.3 is 5.97 Å². The van der Waals surface area contributed by atoms with Crippen molar-refractivity contribution in [2.45, 2.75) is 24.8 Å². The van der Waals surface area contributed by atoms with Crippen LogP contribution in [0.2, 0.25) is 0 Å². The van der Waals surface area contributed by atoms with Crippen molar-refractivity contribution in [1.82, 2.24) is 14.8 Å². The lowest BCUT2D eigenvalue weighted by molar-refractivity contribution is 0.0676. The second kappa shape index (κ2) is 2.99. The zero-order valence-electron chi connectivity index (χ0n) is 6.77. The topological polar surface area (TPSA) is 68.0 Å². The van der Waals surface area contributed by atoms with Crippen molar-refractivity contribution in [1.29, 1.82) is 0 Å². The summed E-state index contributed by atoms with van der Waals surface area (Å²) >= 11 is 5.90. The Balaban J connectivity index is 2.39. The molecule has 0 fully saturated rings. The van der Waals surface area contributed by atoms with Gasteiger partial charge in [-0.3, -0.25) is 0 Å². The fourth-order valence-corrected chi connectivity index (χ4v) is 1.68. The van der Waals surface area contributed by atoms with Crippen molar-refractivity contribution < 1.29 is 9.90 Å². The summed E-state index contributed by atoms with van der Waals surface area (Å²) < 4.78 is 1.61. The summed E-state index contributed by atoms with van der Waals surface area (Å²) in [4.78, 5) is 10.7. The lowest BCUT2D eigenvalue weighted by Gasteiger charge is -2.17. The number of fused-ring (bicyclic) bond motifs is 1. The van der Waals surface area contributed by atoms with E-state index in [-0.39, 0.29) is 11.2 Å². The molecule has 1 aromatic heterocycles. The molecule has 0 saturated heterocycles. The van der Waals surface area contributed by atoms with Gasteiger partial charge in [-0.1, -0.05) is 0 Å². The molecule has 0 radical (unpaired) electrons. The molecule has 13 heavy (non-hydrogen) atoms. The van der Waals surface area contributed by atoms with Crippen LogP contribution < -0.4 is 0 Å². The largest absolute Gasteiger partial charge is 0.475 e.